The zero-order valence-electron chi connectivity index (χ0n) is 13.6. The SMILES string of the molecule is O=C1CCCC1(CCc1ccccn1)C(=O)OCc1ccccc1. The highest BCUT2D eigenvalue weighted by Gasteiger charge is 2.49. The van der Waals surface area contributed by atoms with E-state index in [0.717, 1.165) is 17.7 Å². The topological polar surface area (TPSA) is 56.3 Å². The third-order valence-corrected chi connectivity index (χ3v) is 4.68. The van der Waals surface area contributed by atoms with Gasteiger partial charge in [-0.15, -0.1) is 0 Å². The summed E-state index contributed by atoms with van der Waals surface area (Å²) in [6, 6.07) is 15.2. The van der Waals surface area contributed by atoms with E-state index in [1.54, 1.807) is 6.20 Å². The normalized spacial score (nSPS) is 20.1. The number of benzene rings is 1. The molecule has 24 heavy (non-hydrogen) atoms. The molecule has 1 saturated carbocycles. The van der Waals surface area contributed by atoms with Crippen molar-refractivity contribution in [3.05, 3.63) is 66.0 Å². The maximum atomic E-state index is 12.7. The van der Waals surface area contributed by atoms with E-state index in [2.05, 4.69) is 4.98 Å². The van der Waals surface area contributed by atoms with Gasteiger partial charge in [0, 0.05) is 18.3 Å². The van der Waals surface area contributed by atoms with Crippen molar-refractivity contribution in [2.75, 3.05) is 0 Å². The predicted molar refractivity (Wildman–Crippen MR) is 90.1 cm³/mol. The Labute approximate surface area is 141 Å². The zero-order chi connectivity index (χ0) is 16.8. The molecule has 0 spiro atoms. The average molecular weight is 323 g/mol. The Bertz CT molecular complexity index is 699. The fourth-order valence-corrected chi connectivity index (χ4v) is 3.26. The van der Waals surface area contributed by atoms with Gasteiger partial charge in [0.15, 0.2) is 0 Å². The van der Waals surface area contributed by atoms with Gasteiger partial charge >= 0.3 is 5.97 Å². The molecule has 1 aliphatic rings. The highest BCUT2D eigenvalue weighted by atomic mass is 16.5. The number of hydrogen-bond donors (Lipinski definition) is 0. The van der Waals surface area contributed by atoms with Crippen molar-refractivity contribution in [3.63, 3.8) is 0 Å². The Morgan fingerprint density at radius 3 is 2.58 bits per heavy atom. The molecule has 1 aromatic carbocycles. The van der Waals surface area contributed by atoms with Gasteiger partial charge in [0.1, 0.15) is 17.8 Å². The summed E-state index contributed by atoms with van der Waals surface area (Å²) in [5, 5.41) is 0. The molecule has 1 fully saturated rings. The van der Waals surface area contributed by atoms with Crippen molar-refractivity contribution >= 4 is 11.8 Å². The number of rotatable bonds is 6. The van der Waals surface area contributed by atoms with Crippen LogP contribution in [0.3, 0.4) is 0 Å². The number of ketones is 1. The number of nitrogens with zero attached hydrogens (tertiary/aromatic N) is 1. The van der Waals surface area contributed by atoms with Crippen LogP contribution in [0.15, 0.2) is 54.7 Å². The molecule has 0 amide bonds. The van der Waals surface area contributed by atoms with Gasteiger partial charge in [0.25, 0.3) is 0 Å². The summed E-state index contributed by atoms with van der Waals surface area (Å²) < 4.78 is 5.49. The second-order valence-electron chi connectivity index (χ2n) is 6.24. The molecular formula is C20H21NO3. The van der Waals surface area contributed by atoms with Gasteiger partial charge in [-0.1, -0.05) is 36.4 Å². The largest absolute Gasteiger partial charge is 0.460 e. The fourth-order valence-electron chi connectivity index (χ4n) is 3.26. The molecule has 0 saturated heterocycles. The minimum atomic E-state index is -0.994. The molecule has 0 radical (unpaired) electrons. The highest BCUT2D eigenvalue weighted by Crippen LogP contribution is 2.40. The molecule has 0 aliphatic heterocycles. The van der Waals surface area contributed by atoms with Crippen LogP contribution in [0.2, 0.25) is 0 Å². The summed E-state index contributed by atoms with van der Waals surface area (Å²) in [5.74, 6) is -0.374. The summed E-state index contributed by atoms with van der Waals surface area (Å²) in [4.78, 5) is 29.4. The smallest absolute Gasteiger partial charge is 0.319 e. The maximum Gasteiger partial charge on any atom is 0.319 e. The molecule has 1 unspecified atom stereocenters. The van der Waals surface area contributed by atoms with Crippen molar-refractivity contribution in [1.82, 2.24) is 4.98 Å². The molecule has 2 aromatic rings. The second kappa shape index (κ2) is 7.39. The lowest BCUT2D eigenvalue weighted by atomic mass is 9.80. The van der Waals surface area contributed by atoms with Gasteiger partial charge in [0.2, 0.25) is 0 Å². The molecule has 3 rings (SSSR count). The van der Waals surface area contributed by atoms with E-state index in [4.69, 9.17) is 4.74 Å². The summed E-state index contributed by atoms with van der Waals surface area (Å²) in [5.41, 5.74) is 0.829. The van der Waals surface area contributed by atoms with E-state index in [1.807, 2.05) is 48.5 Å². The van der Waals surface area contributed by atoms with Crippen LogP contribution in [0.4, 0.5) is 0 Å². The lowest BCUT2D eigenvalue weighted by molar-refractivity contribution is -0.160. The number of aryl methyl sites for hydroxylation is 1. The van der Waals surface area contributed by atoms with Crippen LogP contribution in [0.5, 0.6) is 0 Å². The lowest BCUT2D eigenvalue weighted by Gasteiger charge is -2.25. The number of pyridine rings is 1. The third-order valence-electron chi connectivity index (χ3n) is 4.68. The summed E-state index contributed by atoms with van der Waals surface area (Å²) in [7, 11) is 0. The zero-order valence-corrected chi connectivity index (χ0v) is 13.6. The number of aromatic nitrogens is 1. The van der Waals surface area contributed by atoms with Gasteiger partial charge in [-0.3, -0.25) is 14.6 Å². The number of carbonyl (C=O) groups excluding carboxylic acids is 2. The van der Waals surface area contributed by atoms with Crippen molar-refractivity contribution in [2.24, 2.45) is 5.41 Å². The first kappa shape index (κ1) is 16.4. The number of esters is 1. The van der Waals surface area contributed by atoms with Crippen molar-refractivity contribution in [3.8, 4) is 0 Å². The Kier molecular flexibility index (Phi) is 5.04. The second-order valence-corrected chi connectivity index (χ2v) is 6.24. The molecule has 1 heterocycles. The highest BCUT2D eigenvalue weighted by molar-refractivity contribution is 6.05. The van der Waals surface area contributed by atoms with Crippen LogP contribution in [-0.2, 0) is 27.4 Å². The number of Topliss-reactive ketones (excluding diaryl/α,β-unsaturated/α-hetero) is 1. The van der Waals surface area contributed by atoms with E-state index in [0.29, 0.717) is 25.7 Å². The van der Waals surface area contributed by atoms with Crippen molar-refractivity contribution in [1.29, 1.82) is 0 Å². The summed E-state index contributed by atoms with van der Waals surface area (Å²) >= 11 is 0. The first-order valence-corrected chi connectivity index (χ1v) is 8.35. The molecule has 0 bridgehead atoms. The van der Waals surface area contributed by atoms with Gasteiger partial charge in [-0.2, -0.15) is 0 Å². The lowest BCUT2D eigenvalue weighted by Crippen LogP contribution is -2.37. The van der Waals surface area contributed by atoms with Crippen LogP contribution < -0.4 is 0 Å². The van der Waals surface area contributed by atoms with Gasteiger partial charge < -0.3 is 4.74 Å². The van der Waals surface area contributed by atoms with Crippen LogP contribution in [0, 0.1) is 5.41 Å². The quantitative estimate of drug-likeness (QED) is 0.603. The maximum absolute atomic E-state index is 12.7. The standard InChI is InChI=1S/C20H21NO3/c22-18-10-6-12-20(18,13-11-17-9-4-5-14-21-17)19(23)24-15-16-7-2-1-3-8-16/h1-5,7-9,14H,6,10-13,15H2. The molecule has 124 valence electrons. The predicted octanol–water partition coefficient (Wildman–Crippen LogP) is 3.50. The first-order chi connectivity index (χ1) is 11.7. The molecule has 4 heteroatoms. The Hall–Kier alpha value is -2.49. The van der Waals surface area contributed by atoms with E-state index in [-0.39, 0.29) is 18.4 Å². The number of carbonyl (C=O) groups is 2. The number of hydrogen-bond acceptors (Lipinski definition) is 4. The van der Waals surface area contributed by atoms with Crippen LogP contribution >= 0.6 is 0 Å². The molecule has 1 atom stereocenters. The fraction of sp³-hybridized carbons (Fsp3) is 0.350. The number of ether oxygens (including phenoxy) is 1. The summed E-state index contributed by atoms with van der Waals surface area (Å²) in [6.45, 7) is 0.207. The van der Waals surface area contributed by atoms with Gasteiger partial charge in [-0.05, 0) is 43.4 Å². The minimum Gasteiger partial charge on any atom is -0.460 e. The average Bonchev–Trinajstić information content (AvgIpc) is 3.01. The van der Waals surface area contributed by atoms with E-state index < -0.39 is 5.41 Å². The first-order valence-electron chi connectivity index (χ1n) is 8.35. The monoisotopic (exact) mass is 323 g/mol. The van der Waals surface area contributed by atoms with Crippen LogP contribution in [0.25, 0.3) is 0 Å². The van der Waals surface area contributed by atoms with Crippen molar-refractivity contribution in [2.45, 2.75) is 38.7 Å². The summed E-state index contributed by atoms with van der Waals surface area (Å²) in [6.07, 6.45) is 4.59. The van der Waals surface area contributed by atoms with E-state index in [9.17, 15) is 9.59 Å². The van der Waals surface area contributed by atoms with Crippen LogP contribution in [-0.4, -0.2) is 16.7 Å². The van der Waals surface area contributed by atoms with E-state index >= 15 is 0 Å². The van der Waals surface area contributed by atoms with Crippen LogP contribution in [0.1, 0.15) is 36.9 Å². The molecule has 0 N–H and O–H groups in total. The molecule has 1 aliphatic carbocycles. The van der Waals surface area contributed by atoms with E-state index in [1.165, 1.54) is 0 Å². The Morgan fingerprint density at radius 1 is 1.12 bits per heavy atom. The molecule has 4 nitrogen and oxygen atoms in total. The van der Waals surface area contributed by atoms with Gasteiger partial charge in [0.05, 0.1) is 0 Å². The Morgan fingerprint density at radius 2 is 1.92 bits per heavy atom. The molecule has 1 aromatic heterocycles. The minimum absolute atomic E-state index is 0.0106. The van der Waals surface area contributed by atoms with Gasteiger partial charge in [-0.25, -0.2) is 0 Å². The Balaban J connectivity index is 1.68. The van der Waals surface area contributed by atoms with Crippen molar-refractivity contribution < 1.29 is 14.3 Å². The molecular weight excluding hydrogens is 302 g/mol. The third kappa shape index (κ3) is 3.53.